The Morgan fingerprint density at radius 1 is 1.10 bits per heavy atom. The molecule has 152 valence electrons. The molecule has 0 spiro atoms. The van der Waals surface area contributed by atoms with E-state index in [0.717, 1.165) is 21.7 Å². The maximum atomic E-state index is 12.1. The molecule has 2 heterocycles. The predicted molar refractivity (Wildman–Crippen MR) is 125 cm³/mol. The lowest BCUT2D eigenvalue weighted by molar-refractivity contribution is -0.119. The summed E-state index contributed by atoms with van der Waals surface area (Å²) in [6, 6.07) is 12.4. The molecule has 0 amide bonds. The van der Waals surface area contributed by atoms with Crippen molar-refractivity contribution in [2.24, 2.45) is 5.92 Å². The maximum absolute atomic E-state index is 12.1. The average molecular weight is 426 g/mol. The first-order valence-corrected chi connectivity index (χ1v) is 11.2. The summed E-state index contributed by atoms with van der Waals surface area (Å²) >= 11 is 8.26. The summed E-state index contributed by atoms with van der Waals surface area (Å²) in [6.45, 7) is 10.6. The number of Topliss-reactive ketones (excluding diaryl/α,β-unsaturated/α-hetero) is 1. The summed E-state index contributed by atoms with van der Waals surface area (Å²) in [5.74, 6) is 0.642. The fraction of sp³-hybridized carbons (Fsp3) is 0.360. The smallest absolute Gasteiger partial charge is 0.137 e. The van der Waals surface area contributed by atoms with E-state index in [2.05, 4.69) is 57.1 Å². The van der Waals surface area contributed by atoms with Crippen molar-refractivity contribution in [1.82, 2.24) is 4.98 Å². The van der Waals surface area contributed by atoms with E-state index in [1.807, 2.05) is 30.5 Å². The first-order chi connectivity index (χ1) is 13.6. The molecule has 0 bridgehead atoms. The Balaban J connectivity index is 1.83. The van der Waals surface area contributed by atoms with Gasteiger partial charge < -0.3 is 0 Å². The van der Waals surface area contributed by atoms with Crippen LogP contribution in [0.2, 0.25) is 5.02 Å². The summed E-state index contributed by atoms with van der Waals surface area (Å²) in [7, 11) is 0. The number of ketones is 1. The monoisotopic (exact) mass is 425 g/mol. The van der Waals surface area contributed by atoms with E-state index >= 15 is 0 Å². The van der Waals surface area contributed by atoms with Crippen molar-refractivity contribution in [2.75, 3.05) is 0 Å². The van der Waals surface area contributed by atoms with Crippen LogP contribution in [0.15, 0.2) is 48.0 Å². The van der Waals surface area contributed by atoms with Gasteiger partial charge in [-0.05, 0) is 52.3 Å². The highest BCUT2D eigenvalue weighted by Crippen LogP contribution is 2.37. The average Bonchev–Trinajstić information content (AvgIpc) is 3.10. The van der Waals surface area contributed by atoms with Crippen LogP contribution in [-0.4, -0.2) is 10.8 Å². The topological polar surface area (TPSA) is 30.0 Å². The number of carbonyl (C=O) groups is 1. The number of hydrogen-bond donors (Lipinski definition) is 0. The van der Waals surface area contributed by atoms with Gasteiger partial charge in [0.05, 0.1) is 0 Å². The highest BCUT2D eigenvalue weighted by Gasteiger charge is 2.17. The van der Waals surface area contributed by atoms with Crippen molar-refractivity contribution >= 4 is 28.7 Å². The van der Waals surface area contributed by atoms with Gasteiger partial charge in [0.2, 0.25) is 0 Å². The van der Waals surface area contributed by atoms with E-state index in [-0.39, 0.29) is 11.2 Å². The molecule has 2 nitrogen and oxygen atoms in total. The molecule has 0 atom stereocenters. The molecule has 1 aromatic carbocycles. The summed E-state index contributed by atoms with van der Waals surface area (Å²) in [5.41, 5.74) is 5.42. The van der Waals surface area contributed by atoms with Gasteiger partial charge in [0, 0.05) is 45.6 Å². The van der Waals surface area contributed by atoms with Crippen LogP contribution in [0.1, 0.15) is 52.3 Å². The maximum Gasteiger partial charge on any atom is 0.137 e. The SMILES string of the molecule is CC(C)CC(=O)Cc1ccc(-c2cc(-c3ccnc(C(C)(C)C)c3)cs2)c(Cl)c1. The van der Waals surface area contributed by atoms with E-state index in [0.29, 0.717) is 23.8 Å². The highest BCUT2D eigenvalue weighted by molar-refractivity contribution is 7.14. The van der Waals surface area contributed by atoms with Crippen LogP contribution < -0.4 is 0 Å². The van der Waals surface area contributed by atoms with Gasteiger partial charge in [0.15, 0.2) is 0 Å². The van der Waals surface area contributed by atoms with E-state index in [4.69, 9.17) is 11.6 Å². The lowest BCUT2D eigenvalue weighted by atomic mass is 9.90. The van der Waals surface area contributed by atoms with E-state index < -0.39 is 0 Å². The van der Waals surface area contributed by atoms with E-state index in [1.54, 1.807) is 11.3 Å². The third kappa shape index (κ3) is 5.55. The summed E-state index contributed by atoms with van der Waals surface area (Å²) in [5, 5.41) is 2.85. The molecule has 0 aliphatic rings. The number of rotatable bonds is 6. The quantitative estimate of drug-likeness (QED) is 0.407. The van der Waals surface area contributed by atoms with Crippen molar-refractivity contribution in [2.45, 2.75) is 52.9 Å². The Labute approximate surface area is 183 Å². The Hall–Kier alpha value is -1.97. The predicted octanol–water partition coefficient (Wildman–Crippen LogP) is 7.59. The van der Waals surface area contributed by atoms with Gasteiger partial charge in [0.1, 0.15) is 5.78 Å². The Kier molecular flexibility index (Phi) is 6.60. The number of halogens is 1. The summed E-state index contributed by atoms with van der Waals surface area (Å²) in [4.78, 5) is 17.7. The van der Waals surface area contributed by atoms with Gasteiger partial charge in [-0.1, -0.05) is 58.4 Å². The zero-order valence-electron chi connectivity index (χ0n) is 17.8. The van der Waals surface area contributed by atoms with Crippen LogP contribution in [0.4, 0.5) is 0 Å². The van der Waals surface area contributed by atoms with Gasteiger partial charge in [0.25, 0.3) is 0 Å². The van der Waals surface area contributed by atoms with Crippen LogP contribution >= 0.6 is 22.9 Å². The minimum absolute atomic E-state index is 0.0149. The molecule has 29 heavy (non-hydrogen) atoms. The molecule has 0 aliphatic heterocycles. The number of nitrogens with zero attached hydrogens (tertiary/aromatic N) is 1. The van der Waals surface area contributed by atoms with E-state index in [1.165, 1.54) is 11.1 Å². The van der Waals surface area contributed by atoms with Gasteiger partial charge in [-0.2, -0.15) is 0 Å². The lowest BCUT2D eigenvalue weighted by Crippen LogP contribution is -2.13. The number of hydrogen-bond acceptors (Lipinski definition) is 3. The fourth-order valence-electron chi connectivity index (χ4n) is 3.27. The summed E-state index contributed by atoms with van der Waals surface area (Å²) in [6.07, 6.45) is 2.93. The Bertz CT molecular complexity index is 1010. The molecule has 4 heteroatoms. The molecule has 0 saturated carbocycles. The van der Waals surface area contributed by atoms with Crippen molar-refractivity contribution in [3.05, 3.63) is 64.3 Å². The van der Waals surface area contributed by atoms with Crippen molar-refractivity contribution in [3.8, 4) is 21.6 Å². The van der Waals surface area contributed by atoms with Crippen molar-refractivity contribution in [3.63, 3.8) is 0 Å². The molecule has 0 aliphatic carbocycles. The third-order valence-corrected chi connectivity index (χ3v) is 6.07. The molecule has 0 fully saturated rings. The van der Waals surface area contributed by atoms with Crippen LogP contribution in [0.5, 0.6) is 0 Å². The molecular weight excluding hydrogens is 398 g/mol. The van der Waals surface area contributed by atoms with Crippen LogP contribution in [0.3, 0.4) is 0 Å². The molecule has 2 aromatic heterocycles. The van der Waals surface area contributed by atoms with Crippen LogP contribution in [0, 0.1) is 5.92 Å². The van der Waals surface area contributed by atoms with Crippen LogP contribution in [-0.2, 0) is 16.6 Å². The summed E-state index contributed by atoms with van der Waals surface area (Å²) < 4.78 is 0. The van der Waals surface area contributed by atoms with Gasteiger partial charge in [-0.15, -0.1) is 11.3 Å². The van der Waals surface area contributed by atoms with Gasteiger partial charge in [-0.3, -0.25) is 9.78 Å². The van der Waals surface area contributed by atoms with E-state index in [9.17, 15) is 4.79 Å². The molecular formula is C25H28ClNOS. The first-order valence-electron chi connectivity index (χ1n) is 9.99. The zero-order valence-corrected chi connectivity index (χ0v) is 19.3. The number of aromatic nitrogens is 1. The Morgan fingerprint density at radius 3 is 2.52 bits per heavy atom. The van der Waals surface area contributed by atoms with Crippen molar-refractivity contribution in [1.29, 1.82) is 0 Å². The molecule has 0 radical (unpaired) electrons. The third-order valence-electron chi connectivity index (χ3n) is 4.80. The van der Waals surface area contributed by atoms with Gasteiger partial charge >= 0.3 is 0 Å². The van der Waals surface area contributed by atoms with Crippen molar-refractivity contribution < 1.29 is 4.79 Å². The second kappa shape index (κ2) is 8.81. The Morgan fingerprint density at radius 2 is 1.86 bits per heavy atom. The second-order valence-electron chi connectivity index (χ2n) is 9.01. The molecule has 3 rings (SSSR count). The zero-order chi connectivity index (χ0) is 21.2. The highest BCUT2D eigenvalue weighted by atomic mass is 35.5. The minimum Gasteiger partial charge on any atom is -0.299 e. The van der Waals surface area contributed by atoms with Crippen LogP contribution in [0.25, 0.3) is 21.6 Å². The lowest BCUT2D eigenvalue weighted by Gasteiger charge is -2.18. The molecule has 0 saturated heterocycles. The number of carbonyl (C=O) groups excluding carboxylic acids is 1. The second-order valence-corrected chi connectivity index (χ2v) is 10.3. The minimum atomic E-state index is 0.0149. The fourth-order valence-corrected chi connectivity index (χ4v) is 4.59. The normalized spacial score (nSPS) is 11.8. The standard InChI is InChI=1S/C25H28ClNOS/c1-16(2)10-20(28)11-17-6-7-21(22(26)12-17)23-13-19(15-29-23)18-8-9-27-24(14-18)25(3,4)5/h6-9,12-16H,10-11H2,1-5H3. The number of thiophene rings is 1. The first kappa shape index (κ1) is 21.7. The largest absolute Gasteiger partial charge is 0.299 e. The number of benzene rings is 1. The van der Waals surface area contributed by atoms with Gasteiger partial charge in [-0.25, -0.2) is 0 Å². The number of pyridine rings is 1. The molecule has 0 unspecified atom stereocenters. The molecule has 3 aromatic rings. The molecule has 0 N–H and O–H groups in total.